The van der Waals surface area contributed by atoms with Crippen molar-refractivity contribution >= 4 is 61.6 Å². The number of anilines is 4. The number of nitrogens with zero attached hydrogens (tertiary/aromatic N) is 3. The van der Waals surface area contributed by atoms with Gasteiger partial charge in [-0.2, -0.15) is 0 Å². The first kappa shape index (κ1) is 26.9. The van der Waals surface area contributed by atoms with E-state index in [2.05, 4.69) is 20.0 Å². The van der Waals surface area contributed by atoms with Gasteiger partial charge in [-0.15, -0.1) is 0 Å². The fourth-order valence-corrected chi connectivity index (χ4v) is 4.83. The predicted octanol–water partition coefficient (Wildman–Crippen LogP) is 4.44. The Balaban J connectivity index is 1.75. The average Bonchev–Trinajstić information content (AvgIpc) is 2.88. The number of benzene rings is 3. The minimum absolute atomic E-state index is 0.0892. The number of carbonyl (C=O) groups excluding carboxylic acids is 1. The third kappa shape index (κ3) is 6.03. The van der Waals surface area contributed by atoms with E-state index in [4.69, 9.17) is 22.1 Å². The Bertz CT molecular complexity index is 1600. The van der Waals surface area contributed by atoms with Gasteiger partial charge < -0.3 is 20.7 Å². The van der Waals surface area contributed by atoms with E-state index in [1.807, 2.05) is 0 Å². The van der Waals surface area contributed by atoms with E-state index < -0.39 is 28.8 Å². The number of carbonyl (C=O) groups is 1. The maximum Gasteiger partial charge on any atom is 0.263 e. The predicted molar refractivity (Wildman–Crippen MR) is 145 cm³/mol. The number of hydrogen-bond donors (Lipinski definition) is 3. The zero-order chi connectivity index (χ0) is 27.4. The van der Waals surface area contributed by atoms with Crippen molar-refractivity contribution < 1.29 is 22.3 Å². The lowest BCUT2D eigenvalue weighted by molar-refractivity contribution is -0.116. The summed E-state index contributed by atoms with van der Waals surface area (Å²) in [6, 6.07) is 17.3. The molecular weight excluding hydrogens is 535 g/mol. The highest BCUT2D eigenvalue weighted by Gasteiger charge is 2.22. The van der Waals surface area contributed by atoms with Crippen LogP contribution in [0.3, 0.4) is 0 Å². The summed E-state index contributed by atoms with van der Waals surface area (Å²) < 4.78 is 48.7. The fraction of sp³-hybridized carbons (Fsp3) is 0.160. The molecule has 0 aliphatic heterocycles. The molecule has 4 rings (SSSR count). The second-order valence-corrected chi connectivity index (χ2v) is 10.2. The molecule has 1 aromatic heterocycles. The van der Waals surface area contributed by atoms with Crippen LogP contribution >= 0.6 is 11.6 Å². The Hall–Kier alpha value is -4.16. The largest absolute Gasteiger partial charge is 0.497 e. The molecule has 1 amide bonds. The molecule has 38 heavy (non-hydrogen) atoms. The average molecular weight is 559 g/mol. The Labute approximate surface area is 223 Å². The van der Waals surface area contributed by atoms with Crippen LogP contribution in [0.5, 0.6) is 5.75 Å². The highest BCUT2D eigenvalue weighted by atomic mass is 35.5. The molecule has 10 nitrogen and oxygen atoms in total. The number of ether oxygens (including phenoxy) is 1. The van der Waals surface area contributed by atoms with E-state index in [0.29, 0.717) is 27.5 Å². The van der Waals surface area contributed by atoms with Crippen LogP contribution in [0, 0.1) is 0 Å². The van der Waals surface area contributed by atoms with Crippen molar-refractivity contribution in [3.05, 3.63) is 71.8 Å². The van der Waals surface area contributed by atoms with Gasteiger partial charge in [0.25, 0.3) is 10.0 Å². The number of nitrogens with one attached hydrogen (secondary N) is 2. The number of fused-ring (bicyclic) bond motifs is 1. The lowest BCUT2D eigenvalue weighted by atomic mass is 10.2. The van der Waals surface area contributed by atoms with Gasteiger partial charge in [0, 0.05) is 11.8 Å². The number of sulfonamides is 1. The van der Waals surface area contributed by atoms with Crippen LogP contribution in [0.4, 0.5) is 27.4 Å². The maximum atomic E-state index is 14.2. The Morgan fingerprint density at radius 2 is 1.76 bits per heavy atom. The molecule has 0 spiro atoms. The van der Waals surface area contributed by atoms with E-state index in [-0.39, 0.29) is 22.2 Å². The molecule has 1 atom stereocenters. The van der Waals surface area contributed by atoms with Crippen molar-refractivity contribution in [1.29, 1.82) is 0 Å². The normalized spacial score (nSPS) is 12.1. The number of halogens is 2. The second kappa shape index (κ2) is 11.1. The first-order valence-corrected chi connectivity index (χ1v) is 13.1. The minimum atomic E-state index is -4.25. The van der Waals surface area contributed by atoms with E-state index in [0.717, 1.165) is 4.90 Å². The summed E-state index contributed by atoms with van der Waals surface area (Å²) in [5.41, 5.74) is 6.76. The SMILES string of the molecule is COc1ccc(Cl)c(Nc2nc3ccccc3nc2NS(=O)(=O)c2cccc(N(CC(N)=O)C(C)F)c2)c1. The number of para-hydroxylation sites is 2. The zero-order valence-corrected chi connectivity index (χ0v) is 21.9. The Morgan fingerprint density at radius 1 is 1.08 bits per heavy atom. The summed E-state index contributed by atoms with van der Waals surface area (Å²) in [6.45, 7) is 0.787. The van der Waals surface area contributed by atoms with Gasteiger partial charge in [0.1, 0.15) is 5.75 Å². The molecule has 4 aromatic rings. The summed E-state index contributed by atoms with van der Waals surface area (Å²) in [7, 11) is -2.74. The molecule has 198 valence electrons. The summed E-state index contributed by atoms with van der Waals surface area (Å²) in [6.07, 6.45) is -1.59. The lowest BCUT2D eigenvalue weighted by Gasteiger charge is -2.25. The standard InChI is InChI=1S/C25H24ClFN6O4S/c1-15(27)33(14-23(28)34)16-6-5-7-18(12-16)38(35,36)32-25-24(29-20-8-3-4-9-21(20)30-25)31-22-13-17(37-2)10-11-19(22)26/h3-13,15H,14H2,1-2H3,(H2,28,34)(H,29,31)(H,30,32). The number of alkyl halides is 1. The van der Waals surface area contributed by atoms with Crippen LogP contribution in [0.1, 0.15) is 6.92 Å². The topological polar surface area (TPSA) is 140 Å². The van der Waals surface area contributed by atoms with E-state index in [9.17, 15) is 17.6 Å². The molecule has 0 aliphatic rings. The van der Waals surface area contributed by atoms with Crippen molar-refractivity contribution in [1.82, 2.24) is 9.97 Å². The van der Waals surface area contributed by atoms with Crippen molar-refractivity contribution in [3.63, 3.8) is 0 Å². The number of hydrogen-bond acceptors (Lipinski definition) is 8. The molecule has 0 saturated heterocycles. The van der Waals surface area contributed by atoms with Gasteiger partial charge in [-0.25, -0.2) is 22.8 Å². The summed E-state index contributed by atoms with van der Waals surface area (Å²) in [5.74, 6) is -0.251. The molecule has 0 radical (unpaired) electrons. The summed E-state index contributed by atoms with van der Waals surface area (Å²) in [4.78, 5) is 21.3. The van der Waals surface area contributed by atoms with Gasteiger partial charge in [-0.3, -0.25) is 9.52 Å². The summed E-state index contributed by atoms with van der Waals surface area (Å²) in [5, 5.41) is 3.37. The van der Waals surface area contributed by atoms with Crippen LogP contribution in [0.15, 0.2) is 71.6 Å². The highest BCUT2D eigenvalue weighted by molar-refractivity contribution is 7.92. The van der Waals surface area contributed by atoms with Crippen molar-refractivity contribution in [3.8, 4) is 5.75 Å². The first-order chi connectivity index (χ1) is 18.1. The highest BCUT2D eigenvalue weighted by Crippen LogP contribution is 2.33. The molecule has 1 heterocycles. The monoisotopic (exact) mass is 558 g/mol. The van der Waals surface area contributed by atoms with E-state index in [1.165, 1.54) is 38.3 Å². The third-order valence-corrected chi connectivity index (χ3v) is 7.11. The van der Waals surface area contributed by atoms with Crippen LogP contribution in [0.2, 0.25) is 5.02 Å². The molecule has 13 heteroatoms. The second-order valence-electron chi connectivity index (χ2n) is 8.15. The van der Waals surface area contributed by atoms with Crippen LogP contribution in [-0.4, -0.2) is 44.2 Å². The van der Waals surface area contributed by atoms with Crippen molar-refractivity contribution in [2.75, 3.05) is 28.6 Å². The Kier molecular flexibility index (Phi) is 7.83. The minimum Gasteiger partial charge on any atom is -0.497 e. The lowest BCUT2D eigenvalue weighted by Crippen LogP contribution is -2.38. The molecular formula is C25H24ClFN6O4S. The zero-order valence-electron chi connectivity index (χ0n) is 20.4. The van der Waals surface area contributed by atoms with Crippen LogP contribution in [-0.2, 0) is 14.8 Å². The smallest absolute Gasteiger partial charge is 0.263 e. The van der Waals surface area contributed by atoms with Gasteiger partial charge in [0.15, 0.2) is 17.9 Å². The molecule has 0 aliphatic carbocycles. The molecule has 0 bridgehead atoms. The number of aromatic nitrogens is 2. The summed E-state index contributed by atoms with van der Waals surface area (Å²) >= 11 is 6.34. The third-order valence-electron chi connectivity index (χ3n) is 5.44. The van der Waals surface area contributed by atoms with Crippen LogP contribution < -0.4 is 25.4 Å². The quantitative estimate of drug-likeness (QED) is 0.243. The molecule has 3 aromatic carbocycles. The van der Waals surface area contributed by atoms with E-state index in [1.54, 1.807) is 42.5 Å². The van der Waals surface area contributed by atoms with Gasteiger partial charge in [-0.1, -0.05) is 29.8 Å². The van der Waals surface area contributed by atoms with Gasteiger partial charge in [0.2, 0.25) is 5.91 Å². The number of amides is 1. The van der Waals surface area contributed by atoms with Gasteiger partial charge >= 0.3 is 0 Å². The number of rotatable bonds is 10. The molecule has 1 unspecified atom stereocenters. The van der Waals surface area contributed by atoms with Crippen molar-refractivity contribution in [2.24, 2.45) is 5.73 Å². The maximum absolute atomic E-state index is 14.2. The van der Waals surface area contributed by atoms with Gasteiger partial charge in [0.05, 0.1) is 40.3 Å². The first-order valence-electron chi connectivity index (χ1n) is 11.3. The van der Waals surface area contributed by atoms with Crippen molar-refractivity contribution in [2.45, 2.75) is 18.1 Å². The number of nitrogens with two attached hydrogens (primary N) is 1. The molecule has 4 N–H and O–H groups in total. The Morgan fingerprint density at radius 3 is 2.39 bits per heavy atom. The van der Waals surface area contributed by atoms with Gasteiger partial charge in [-0.05, 0) is 49.4 Å². The molecule has 0 saturated carbocycles. The molecule has 0 fully saturated rings. The fourth-order valence-electron chi connectivity index (χ4n) is 3.62. The number of methoxy groups -OCH3 is 1. The van der Waals surface area contributed by atoms with E-state index >= 15 is 0 Å². The number of primary amides is 1. The van der Waals surface area contributed by atoms with Crippen LogP contribution in [0.25, 0.3) is 11.0 Å².